The second kappa shape index (κ2) is 7.67. The van der Waals surface area contributed by atoms with Gasteiger partial charge in [-0.1, -0.05) is 29.3 Å². The second-order valence-corrected chi connectivity index (χ2v) is 6.84. The van der Waals surface area contributed by atoms with Crippen LogP contribution >= 0.6 is 23.2 Å². The molecule has 23 heavy (non-hydrogen) atoms. The Kier molecular flexibility index (Phi) is 6.09. The molecule has 4 nitrogen and oxygen atoms in total. The largest absolute Gasteiger partial charge is 0.363 e. The van der Waals surface area contributed by atoms with Crippen molar-refractivity contribution in [2.24, 2.45) is 7.05 Å². The molecule has 1 unspecified atom stereocenters. The van der Waals surface area contributed by atoms with Crippen LogP contribution in [0.4, 0.5) is 0 Å². The third-order valence-electron chi connectivity index (χ3n) is 3.86. The SMILES string of the molecule is CN(C)CCCOC(C)(c1ccc(Cl)c(Cl)c1)c1nccn1C. The molecule has 0 amide bonds. The van der Waals surface area contributed by atoms with Crippen LogP contribution < -0.4 is 0 Å². The standard InChI is InChI=1S/C17H23Cl2N3O/c1-17(16-20-8-10-22(16)4,23-11-5-9-21(2)3)13-6-7-14(18)15(19)12-13/h6-8,10,12H,5,9,11H2,1-4H3. The molecule has 0 spiro atoms. The van der Waals surface area contributed by atoms with Gasteiger partial charge in [-0.15, -0.1) is 0 Å². The average molecular weight is 356 g/mol. The highest BCUT2D eigenvalue weighted by Gasteiger charge is 2.34. The molecule has 2 aromatic rings. The average Bonchev–Trinajstić information content (AvgIpc) is 2.93. The molecule has 0 saturated heterocycles. The monoisotopic (exact) mass is 355 g/mol. The number of imidazole rings is 1. The third kappa shape index (κ3) is 4.27. The molecular weight excluding hydrogens is 333 g/mol. The van der Waals surface area contributed by atoms with Crippen molar-refractivity contribution in [3.63, 3.8) is 0 Å². The fourth-order valence-corrected chi connectivity index (χ4v) is 2.85. The summed E-state index contributed by atoms with van der Waals surface area (Å²) in [6, 6.07) is 5.59. The molecule has 0 fully saturated rings. The van der Waals surface area contributed by atoms with E-state index in [1.807, 2.05) is 36.9 Å². The summed E-state index contributed by atoms with van der Waals surface area (Å²) in [6.45, 7) is 3.62. The minimum atomic E-state index is -0.682. The Bertz CT molecular complexity index is 657. The first-order chi connectivity index (χ1) is 10.8. The van der Waals surface area contributed by atoms with Crippen molar-refractivity contribution in [3.8, 4) is 0 Å². The Morgan fingerprint density at radius 1 is 1.26 bits per heavy atom. The summed E-state index contributed by atoms with van der Waals surface area (Å²) in [7, 11) is 6.06. The first kappa shape index (κ1) is 18.3. The predicted octanol–water partition coefficient (Wildman–Crippen LogP) is 3.96. The molecule has 0 N–H and O–H groups in total. The van der Waals surface area contributed by atoms with Crippen molar-refractivity contribution in [2.75, 3.05) is 27.2 Å². The molecular formula is C17H23Cl2N3O. The van der Waals surface area contributed by atoms with E-state index in [0.717, 1.165) is 24.4 Å². The number of benzene rings is 1. The minimum Gasteiger partial charge on any atom is -0.363 e. The van der Waals surface area contributed by atoms with E-state index in [9.17, 15) is 0 Å². The molecule has 1 aromatic heterocycles. The summed E-state index contributed by atoms with van der Waals surface area (Å²) in [5, 5.41) is 1.05. The van der Waals surface area contributed by atoms with Crippen LogP contribution in [-0.2, 0) is 17.4 Å². The van der Waals surface area contributed by atoms with E-state index < -0.39 is 5.60 Å². The van der Waals surface area contributed by atoms with Gasteiger partial charge in [0.15, 0.2) is 0 Å². The number of rotatable bonds is 7. The summed E-state index contributed by atoms with van der Waals surface area (Å²) in [4.78, 5) is 6.62. The van der Waals surface area contributed by atoms with Crippen LogP contribution in [-0.4, -0.2) is 41.7 Å². The third-order valence-corrected chi connectivity index (χ3v) is 4.60. The topological polar surface area (TPSA) is 30.3 Å². The lowest BCUT2D eigenvalue weighted by Gasteiger charge is -2.30. The van der Waals surface area contributed by atoms with Crippen molar-refractivity contribution in [2.45, 2.75) is 18.9 Å². The summed E-state index contributed by atoms with van der Waals surface area (Å²) < 4.78 is 8.24. The number of hydrogen-bond donors (Lipinski definition) is 0. The predicted molar refractivity (Wildman–Crippen MR) is 95.2 cm³/mol. The molecule has 0 aliphatic carbocycles. The fraction of sp³-hybridized carbons (Fsp3) is 0.471. The maximum Gasteiger partial charge on any atom is 0.148 e. The molecule has 1 aromatic carbocycles. The van der Waals surface area contributed by atoms with Gasteiger partial charge in [0.2, 0.25) is 0 Å². The van der Waals surface area contributed by atoms with Gasteiger partial charge < -0.3 is 14.2 Å². The van der Waals surface area contributed by atoms with Gasteiger partial charge in [0.1, 0.15) is 11.4 Å². The Morgan fingerprint density at radius 3 is 2.57 bits per heavy atom. The summed E-state index contributed by atoms with van der Waals surface area (Å²) >= 11 is 12.3. The number of aryl methyl sites for hydroxylation is 1. The van der Waals surface area contributed by atoms with Crippen LogP contribution in [0.1, 0.15) is 24.7 Å². The lowest BCUT2D eigenvalue weighted by Crippen LogP contribution is -2.32. The fourth-order valence-electron chi connectivity index (χ4n) is 2.55. The molecule has 2 rings (SSSR count). The van der Waals surface area contributed by atoms with E-state index in [4.69, 9.17) is 27.9 Å². The number of ether oxygens (including phenoxy) is 1. The van der Waals surface area contributed by atoms with E-state index >= 15 is 0 Å². The van der Waals surface area contributed by atoms with Crippen molar-refractivity contribution >= 4 is 23.2 Å². The molecule has 0 radical (unpaired) electrons. The van der Waals surface area contributed by atoms with Crippen LogP contribution in [0.25, 0.3) is 0 Å². The number of aromatic nitrogens is 2. The van der Waals surface area contributed by atoms with Crippen LogP contribution in [0.15, 0.2) is 30.6 Å². The highest BCUT2D eigenvalue weighted by Crippen LogP contribution is 2.35. The summed E-state index contributed by atoms with van der Waals surface area (Å²) in [5.74, 6) is 0.834. The Labute approximate surface area is 148 Å². The molecule has 6 heteroatoms. The molecule has 126 valence electrons. The first-order valence-electron chi connectivity index (χ1n) is 7.56. The molecule has 0 aliphatic heterocycles. The minimum absolute atomic E-state index is 0.515. The zero-order chi connectivity index (χ0) is 17.0. The van der Waals surface area contributed by atoms with Gasteiger partial charge in [0, 0.05) is 26.0 Å². The van der Waals surface area contributed by atoms with Crippen LogP contribution in [0.3, 0.4) is 0 Å². The zero-order valence-electron chi connectivity index (χ0n) is 14.0. The van der Waals surface area contributed by atoms with Crippen LogP contribution in [0.2, 0.25) is 10.0 Å². The number of hydrogen-bond acceptors (Lipinski definition) is 3. The molecule has 1 heterocycles. The Balaban J connectivity index is 2.31. The van der Waals surface area contributed by atoms with E-state index in [2.05, 4.69) is 24.0 Å². The van der Waals surface area contributed by atoms with Crippen molar-refractivity contribution in [1.82, 2.24) is 14.5 Å². The molecule has 1 atom stereocenters. The van der Waals surface area contributed by atoms with Crippen LogP contribution in [0.5, 0.6) is 0 Å². The molecule has 0 saturated carbocycles. The lowest BCUT2D eigenvalue weighted by atomic mass is 9.94. The molecule has 0 bridgehead atoms. The first-order valence-corrected chi connectivity index (χ1v) is 8.32. The van der Waals surface area contributed by atoms with Gasteiger partial charge >= 0.3 is 0 Å². The quantitative estimate of drug-likeness (QED) is 0.704. The summed E-state index contributed by atoms with van der Waals surface area (Å²) in [5.41, 5.74) is 0.254. The van der Waals surface area contributed by atoms with Gasteiger partial charge in [-0.3, -0.25) is 0 Å². The molecule has 0 aliphatic rings. The Morgan fingerprint density at radius 2 is 2.00 bits per heavy atom. The Hall–Kier alpha value is -1.07. The maximum atomic E-state index is 6.27. The maximum absolute atomic E-state index is 6.27. The van der Waals surface area contributed by atoms with E-state index in [0.29, 0.717) is 16.7 Å². The normalized spacial score (nSPS) is 14.2. The van der Waals surface area contributed by atoms with Gasteiger partial charge in [-0.05, 0) is 51.7 Å². The van der Waals surface area contributed by atoms with Crippen LogP contribution in [0, 0.1) is 0 Å². The summed E-state index contributed by atoms with van der Waals surface area (Å²) in [6.07, 6.45) is 4.62. The highest BCUT2D eigenvalue weighted by atomic mass is 35.5. The van der Waals surface area contributed by atoms with Gasteiger partial charge in [-0.2, -0.15) is 0 Å². The second-order valence-electron chi connectivity index (χ2n) is 6.03. The van der Waals surface area contributed by atoms with Crippen molar-refractivity contribution < 1.29 is 4.74 Å². The van der Waals surface area contributed by atoms with Gasteiger partial charge in [0.25, 0.3) is 0 Å². The van der Waals surface area contributed by atoms with E-state index in [-0.39, 0.29) is 0 Å². The highest BCUT2D eigenvalue weighted by molar-refractivity contribution is 6.42. The zero-order valence-corrected chi connectivity index (χ0v) is 15.5. The smallest absolute Gasteiger partial charge is 0.148 e. The van der Waals surface area contributed by atoms with Crippen molar-refractivity contribution in [3.05, 3.63) is 52.0 Å². The number of nitrogens with zero attached hydrogens (tertiary/aromatic N) is 3. The van der Waals surface area contributed by atoms with E-state index in [1.165, 1.54) is 0 Å². The van der Waals surface area contributed by atoms with Gasteiger partial charge in [-0.25, -0.2) is 4.98 Å². The number of halogens is 2. The van der Waals surface area contributed by atoms with Crippen molar-refractivity contribution in [1.29, 1.82) is 0 Å². The lowest BCUT2D eigenvalue weighted by molar-refractivity contribution is -0.0152. The van der Waals surface area contributed by atoms with Gasteiger partial charge in [0.05, 0.1) is 10.0 Å². The van der Waals surface area contributed by atoms with E-state index in [1.54, 1.807) is 12.3 Å².